The normalized spacial score (nSPS) is 23.8. The molecule has 0 bridgehead atoms. The van der Waals surface area contributed by atoms with Gasteiger partial charge in [0.25, 0.3) is 5.91 Å². The maximum Gasteiger partial charge on any atom is 0.265 e. The topological polar surface area (TPSA) is 82.7 Å². The molecule has 3 atom stereocenters. The van der Waals surface area contributed by atoms with Gasteiger partial charge in [-0.1, -0.05) is 62.4 Å². The van der Waals surface area contributed by atoms with Gasteiger partial charge in [-0.3, -0.25) is 4.79 Å². The average Bonchev–Trinajstić information content (AvgIpc) is 3.11. The summed E-state index contributed by atoms with van der Waals surface area (Å²) in [7, 11) is -0.837. The number of nitrogens with zero attached hydrogens (tertiary/aromatic N) is 1. The number of halogens is 1. The molecule has 1 amide bonds. The number of primary amides is 1. The number of nitriles is 1. The zero-order valence-electron chi connectivity index (χ0n) is 17.7. The summed E-state index contributed by atoms with van der Waals surface area (Å²) in [6.45, 7) is 4.38. The van der Waals surface area contributed by atoms with Crippen molar-refractivity contribution in [1.82, 2.24) is 4.98 Å². The zero-order chi connectivity index (χ0) is 22.2. The second-order valence-corrected chi connectivity index (χ2v) is 11.4. The van der Waals surface area contributed by atoms with Gasteiger partial charge in [-0.15, -0.1) is 0 Å². The molecule has 3 aromatic rings. The third kappa shape index (κ3) is 3.78. The van der Waals surface area contributed by atoms with E-state index >= 15 is 0 Å². The molecule has 0 spiro atoms. The van der Waals surface area contributed by atoms with Gasteiger partial charge >= 0.3 is 0 Å². The van der Waals surface area contributed by atoms with Crippen LogP contribution >= 0.6 is 19.5 Å². The average molecular weight is 450 g/mol. The predicted molar refractivity (Wildman–Crippen MR) is 129 cm³/mol. The van der Waals surface area contributed by atoms with Crippen molar-refractivity contribution < 1.29 is 4.79 Å². The molecule has 0 saturated carbocycles. The molecule has 4 nitrogen and oxygen atoms in total. The van der Waals surface area contributed by atoms with Gasteiger partial charge in [0.05, 0.1) is 6.07 Å². The Morgan fingerprint density at radius 2 is 2.16 bits per heavy atom. The van der Waals surface area contributed by atoms with Crippen molar-refractivity contribution >= 4 is 41.6 Å². The van der Waals surface area contributed by atoms with Crippen molar-refractivity contribution in [3.8, 4) is 6.07 Å². The lowest BCUT2D eigenvalue weighted by Crippen LogP contribution is -2.38. The molecular formula is C25H25ClN3OP. The molecule has 1 aliphatic heterocycles. The molecule has 1 saturated heterocycles. The molecule has 31 heavy (non-hydrogen) atoms. The van der Waals surface area contributed by atoms with E-state index in [4.69, 9.17) is 17.3 Å². The van der Waals surface area contributed by atoms with Gasteiger partial charge in [-0.25, -0.2) is 0 Å². The Morgan fingerprint density at radius 3 is 2.87 bits per heavy atom. The van der Waals surface area contributed by atoms with Crippen LogP contribution in [0.4, 0.5) is 0 Å². The number of carbonyl (C=O) groups is 1. The number of aromatic nitrogens is 1. The molecule has 1 aromatic heterocycles. The number of benzene rings is 2. The van der Waals surface area contributed by atoms with E-state index in [1.165, 1.54) is 11.1 Å². The molecule has 2 unspecified atom stereocenters. The number of amides is 1. The highest BCUT2D eigenvalue weighted by Crippen LogP contribution is 2.64. The highest BCUT2D eigenvalue weighted by Gasteiger charge is 2.46. The number of aryl methyl sites for hydroxylation is 1. The van der Waals surface area contributed by atoms with E-state index in [-0.39, 0.29) is 11.1 Å². The highest BCUT2D eigenvalue weighted by molar-refractivity contribution is 7.67. The number of nitrogens with one attached hydrogen (secondary N) is 1. The van der Waals surface area contributed by atoms with Crippen molar-refractivity contribution in [1.29, 1.82) is 5.26 Å². The second-order valence-electron chi connectivity index (χ2n) is 8.31. The minimum Gasteiger partial charge on any atom is -0.364 e. The monoisotopic (exact) mass is 449 g/mol. The van der Waals surface area contributed by atoms with Crippen LogP contribution in [-0.2, 0) is 5.16 Å². The van der Waals surface area contributed by atoms with E-state index in [0.717, 1.165) is 35.2 Å². The van der Waals surface area contributed by atoms with E-state index < -0.39 is 13.8 Å². The molecule has 2 aromatic carbocycles. The molecule has 4 rings (SSSR count). The molecule has 2 heterocycles. The van der Waals surface area contributed by atoms with Crippen molar-refractivity contribution in [3.05, 3.63) is 76.5 Å². The van der Waals surface area contributed by atoms with Crippen LogP contribution in [0.2, 0.25) is 5.02 Å². The van der Waals surface area contributed by atoms with Crippen molar-refractivity contribution in [3.63, 3.8) is 0 Å². The van der Waals surface area contributed by atoms with Crippen LogP contribution in [0.5, 0.6) is 0 Å². The molecule has 6 heteroatoms. The Balaban J connectivity index is 2.01. The highest BCUT2D eigenvalue weighted by atomic mass is 35.5. The zero-order valence-corrected chi connectivity index (χ0v) is 19.3. The Labute approximate surface area is 188 Å². The van der Waals surface area contributed by atoms with Gasteiger partial charge in [-0.2, -0.15) is 5.26 Å². The summed E-state index contributed by atoms with van der Waals surface area (Å²) in [4.78, 5) is 15.7. The summed E-state index contributed by atoms with van der Waals surface area (Å²) in [5.74, 6) is -0.273. The molecule has 0 radical (unpaired) electrons. The molecule has 1 fully saturated rings. The van der Waals surface area contributed by atoms with Gasteiger partial charge in [0.15, 0.2) is 0 Å². The summed E-state index contributed by atoms with van der Waals surface area (Å²) in [6.07, 6.45) is 6.65. The van der Waals surface area contributed by atoms with Crippen LogP contribution in [0.1, 0.15) is 41.4 Å². The SMILES string of the molecule is Cc1cccc(C2(C)C(C=CC#N)CCC[P@@]2c2c(C(N)=O)[nH]c3ccc(Cl)cc23)c1. The predicted octanol–water partition coefficient (Wildman–Crippen LogP) is 5.74. The fraction of sp³-hybridized carbons (Fsp3) is 0.280. The van der Waals surface area contributed by atoms with Crippen LogP contribution in [0, 0.1) is 24.2 Å². The lowest BCUT2D eigenvalue weighted by Gasteiger charge is -2.48. The first-order valence-electron chi connectivity index (χ1n) is 10.4. The van der Waals surface area contributed by atoms with Gasteiger partial charge in [0, 0.05) is 32.5 Å². The van der Waals surface area contributed by atoms with E-state index in [0.29, 0.717) is 10.7 Å². The van der Waals surface area contributed by atoms with Crippen LogP contribution < -0.4 is 11.0 Å². The van der Waals surface area contributed by atoms with Gasteiger partial charge in [0.1, 0.15) is 5.69 Å². The molecule has 3 N–H and O–H groups in total. The number of hydrogen-bond acceptors (Lipinski definition) is 2. The van der Waals surface area contributed by atoms with E-state index in [1.807, 2.05) is 24.3 Å². The van der Waals surface area contributed by atoms with E-state index in [1.54, 1.807) is 6.08 Å². The first-order valence-corrected chi connectivity index (χ1v) is 12.3. The van der Waals surface area contributed by atoms with Gasteiger partial charge < -0.3 is 10.7 Å². The Hall–Kier alpha value is -2.60. The number of nitrogens with two attached hydrogens (primary N) is 1. The quantitative estimate of drug-likeness (QED) is 0.393. The fourth-order valence-corrected chi connectivity index (χ4v) is 8.71. The third-order valence-electron chi connectivity index (χ3n) is 6.43. The number of rotatable bonds is 4. The third-order valence-corrected chi connectivity index (χ3v) is 10.1. The summed E-state index contributed by atoms with van der Waals surface area (Å²) in [6, 6.07) is 16.4. The number of carbonyl (C=O) groups excluding carboxylic acids is 1. The molecule has 0 aliphatic carbocycles. The summed E-state index contributed by atoms with van der Waals surface area (Å²) in [5, 5.41) is 11.6. The standard InChI is InChI=1S/C25H25ClN3OP/c1-16-6-3-7-18(14-16)25(2)17(8-4-12-27)9-5-13-31(25)23-20-15-19(26)10-11-21(20)29-22(23)24(28)30/h3-4,6-8,10-11,14-15,17,29H,5,9,13H2,1-2H3,(H2,28,30)/t17?,25?,31-/m0/s1. The van der Waals surface area contributed by atoms with Crippen LogP contribution in [-0.4, -0.2) is 17.1 Å². The second kappa shape index (κ2) is 8.50. The Morgan fingerprint density at radius 1 is 1.35 bits per heavy atom. The number of H-pyrrole nitrogens is 1. The first kappa shape index (κ1) is 21.6. The Kier molecular flexibility index (Phi) is 5.93. The lowest BCUT2D eigenvalue weighted by atomic mass is 9.82. The molecule has 1 aliphatic rings. The number of fused-ring (bicyclic) bond motifs is 1. The largest absolute Gasteiger partial charge is 0.364 e. The number of aromatic amines is 1. The van der Waals surface area contributed by atoms with Crippen molar-refractivity contribution in [2.75, 3.05) is 6.16 Å². The van der Waals surface area contributed by atoms with Crippen LogP contribution in [0.15, 0.2) is 54.6 Å². The van der Waals surface area contributed by atoms with Crippen LogP contribution in [0.25, 0.3) is 10.9 Å². The maximum absolute atomic E-state index is 12.5. The minimum absolute atomic E-state index is 0.179. The maximum atomic E-state index is 12.5. The number of hydrogen-bond donors (Lipinski definition) is 2. The van der Waals surface area contributed by atoms with Crippen LogP contribution in [0.3, 0.4) is 0 Å². The molecule has 158 valence electrons. The van der Waals surface area contributed by atoms with Gasteiger partial charge in [0.2, 0.25) is 0 Å². The summed E-state index contributed by atoms with van der Waals surface area (Å²) in [5.41, 5.74) is 9.62. The lowest BCUT2D eigenvalue weighted by molar-refractivity contribution is 0.0997. The first-order chi connectivity index (χ1) is 14.9. The summed E-state index contributed by atoms with van der Waals surface area (Å²) >= 11 is 6.35. The van der Waals surface area contributed by atoms with Crippen molar-refractivity contribution in [2.45, 2.75) is 31.8 Å². The smallest absolute Gasteiger partial charge is 0.265 e. The van der Waals surface area contributed by atoms with Gasteiger partial charge in [-0.05, 0) is 55.6 Å². The van der Waals surface area contributed by atoms with E-state index in [2.05, 4.69) is 49.2 Å². The van der Waals surface area contributed by atoms with E-state index in [9.17, 15) is 10.1 Å². The fourth-order valence-electron chi connectivity index (χ4n) is 4.91. The Bertz CT molecular complexity index is 1230. The number of allylic oxidation sites excluding steroid dienone is 2. The summed E-state index contributed by atoms with van der Waals surface area (Å²) < 4.78 is 0. The van der Waals surface area contributed by atoms with Crippen molar-refractivity contribution in [2.24, 2.45) is 11.7 Å². The molecular weight excluding hydrogens is 425 g/mol. The minimum atomic E-state index is -0.837.